The standard InChI is InChI=1S/C12H19ClN2O3S/c1-9(2)18-8-11-12(19(13,16)17)7-15(14-11)10-5-3-4-6-10/h7,9-10H,3-6,8H2,1-2H3. The molecule has 19 heavy (non-hydrogen) atoms. The molecule has 7 heteroatoms. The van der Waals surface area contributed by atoms with Crippen molar-refractivity contribution in [3.63, 3.8) is 0 Å². The highest BCUT2D eigenvalue weighted by Gasteiger charge is 2.25. The highest BCUT2D eigenvalue weighted by Crippen LogP contribution is 2.31. The number of hydrogen-bond donors (Lipinski definition) is 0. The Hall–Kier alpha value is -0.590. The third-order valence-electron chi connectivity index (χ3n) is 3.29. The minimum Gasteiger partial charge on any atom is -0.372 e. The lowest BCUT2D eigenvalue weighted by molar-refractivity contribution is 0.0618. The highest BCUT2D eigenvalue weighted by atomic mass is 35.7. The van der Waals surface area contributed by atoms with Gasteiger partial charge in [-0.2, -0.15) is 5.10 Å². The molecule has 1 heterocycles. The van der Waals surface area contributed by atoms with Crippen LogP contribution >= 0.6 is 10.7 Å². The fraction of sp³-hybridized carbons (Fsp3) is 0.750. The van der Waals surface area contributed by atoms with E-state index >= 15 is 0 Å². The Balaban J connectivity index is 2.28. The summed E-state index contributed by atoms with van der Waals surface area (Å²) in [6.07, 6.45) is 5.94. The number of aromatic nitrogens is 2. The molecule has 0 aliphatic heterocycles. The average molecular weight is 307 g/mol. The number of halogens is 1. The first-order valence-corrected chi connectivity index (χ1v) is 8.83. The van der Waals surface area contributed by atoms with E-state index in [-0.39, 0.29) is 23.6 Å². The second-order valence-corrected chi connectivity index (χ2v) is 7.69. The van der Waals surface area contributed by atoms with Crippen molar-refractivity contribution in [1.82, 2.24) is 9.78 Å². The molecule has 2 rings (SSSR count). The van der Waals surface area contributed by atoms with Gasteiger partial charge in [-0.1, -0.05) is 12.8 Å². The maximum atomic E-state index is 11.6. The Kier molecular flexibility index (Phi) is 4.53. The van der Waals surface area contributed by atoms with Crippen LogP contribution in [0.25, 0.3) is 0 Å². The highest BCUT2D eigenvalue weighted by molar-refractivity contribution is 8.13. The van der Waals surface area contributed by atoms with Gasteiger partial charge in [0.15, 0.2) is 0 Å². The van der Waals surface area contributed by atoms with E-state index in [4.69, 9.17) is 15.4 Å². The van der Waals surface area contributed by atoms with Crippen molar-refractivity contribution in [2.24, 2.45) is 0 Å². The Morgan fingerprint density at radius 1 is 1.47 bits per heavy atom. The van der Waals surface area contributed by atoms with Crippen molar-refractivity contribution in [2.45, 2.75) is 63.2 Å². The van der Waals surface area contributed by atoms with Crippen molar-refractivity contribution < 1.29 is 13.2 Å². The van der Waals surface area contributed by atoms with E-state index < -0.39 is 9.05 Å². The fourth-order valence-corrected chi connectivity index (χ4v) is 3.32. The molecule has 1 aliphatic carbocycles. The van der Waals surface area contributed by atoms with Crippen LogP contribution in [0, 0.1) is 0 Å². The first kappa shape index (κ1) is 14.8. The zero-order chi connectivity index (χ0) is 14.0. The van der Waals surface area contributed by atoms with Crippen molar-refractivity contribution in [2.75, 3.05) is 0 Å². The summed E-state index contributed by atoms with van der Waals surface area (Å²) < 4.78 is 30.3. The van der Waals surface area contributed by atoms with E-state index in [1.807, 2.05) is 13.8 Å². The van der Waals surface area contributed by atoms with Gasteiger partial charge in [0.2, 0.25) is 0 Å². The molecule has 0 radical (unpaired) electrons. The molecule has 1 aromatic heterocycles. The summed E-state index contributed by atoms with van der Waals surface area (Å²) in [7, 11) is 1.68. The van der Waals surface area contributed by atoms with E-state index in [1.165, 1.54) is 6.20 Å². The van der Waals surface area contributed by atoms with E-state index in [0.717, 1.165) is 25.7 Å². The van der Waals surface area contributed by atoms with Gasteiger partial charge in [0.1, 0.15) is 10.6 Å². The largest absolute Gasteiger partial charge is 0.372 e. The van der Waals surface area contributed by atoms with Gasteiger partial charge in [0, 0.05) is 16.9 Å². The zero-order valence-electron chi connectivity index (χ0n) is 11.2. The topological polar surface area (TPSA) is 61.2 Å². The maximum absolute atomic E-state index is 11.6. The summed E-state index contributed by atoms with van der Waals surface area (Å²) in [5, 5.41) is 4.36. The molecule has 1 saturated carbocycles. The third-order valence-corrected chi connectivity index (χ3v) is 4.65. The van der Waals surface area contributed by atoms with Crippen LogP contribution in [0.1, 0.15) is 51.3 Å². The van der Waals surface area contributed by atoms with Crippen LogP contribution in [-0.2, 0) is 20.4 Å². The van der Waals surface area contributed by atoms with E-state index in [9.17, 15) is 8.42 Å². The second-order valence-electron chi connectivity index (χ2n) is 5.16. The third kappa shape index (κ3) is 3.70. The van der Waals surface area contributed by atoms with Gasteiger partial charge < -0.3 is 4.74 Å². The molecule has 0 atom stereocenters. The van der Waals surface area contributed by atoms with Crippen LogP contribution in [0.3, 0.4) is 0 Å². The summed E-state index contributed by atoms with van der Waals surface area (Å²) in [4.78, 5) is 0.0710. The molecule has 0 aromatic carbocycles. The lowest BCUT2D eigenvalue weighted by Crippen LogP contribution is -2.07. The molecule has 108 valence electrons. The van der Waals surface area contributed by atoms with Gasteiger partial charge in [0.05, 0.1) is 18.8 Å². The van der Waals surface area contributed by atoms with Crippen LogP contribution in [-0.4, -0.2) is 24.3 Å². The molecule has 0 amide bonds. The Morgan fingerprint density at radius 3 is 2.63 bits per heavy atom. The average Bonchev–Trinajstić information content (AvgIpc) is 2.94. The Morgan fingerprint density at radius 2 is 2.11 bits per heavy atom. The van der Waals surface area contributed by atoms with Crippen LogP contribution < -0.4 is 0 Å². The minimum absolute atomic E-state index is 0.0162. The first-order chi connectivity index (χ1) is 8.88. The van der Waals surface area contributed by atoms with Crippen molar-refractivity contribution in [3.8, 4) is 0 Å². The molecule has 0 N–H and O–H groups in total. The molecule has 0 unspecified atom stereocenters. The molecular weight excluding hydrogens is 288 g/mol. The minimum atomic E-state index is -3.78. The molecule has 0 spiro atoms. The van der Waals surface area contributed by atoms with Crippen LogP contribution in [0.2, 0.25) is 0 Å². The predicted octanol–water partition coefficient (Wildman–Crippen LogP) is 2.85. The SMILES string of the molecule is CC(C)OCc1nn(C2CCCC2)cc1S(=O)(=O)Cl. The monoisotopic (exact) mass is 306 g/mol. The quantitative estimate of drug-likeness (QED) is 0.785. The Bertz CT molecular complexity index is 533. The number of hydrogen-bond acceptors (Lipinski definition) is 4. The van der Waals surface area contributed by atoms with Gasteiger partial charge in [-0.25, -0.2) is 8.42 Å². The summed E-state index contributed by atoms with van der Waals surface area (Å²) >= 11 is 0. The van der Waals surface area contributed by atoms with E-state index in [1.54, 1.807) is 4.68 Å². The van der Waals surface area contributed by atoms with Gasteiger partial charge in [0.25, 0.3) is 9.05 Å². The van der Waals surface area contributed by atoms with E-state index in [0.29, 0.717) is 5.69 Å². The van der Waals surface area contributed by atoms with Gasteiger partial charge in [-0.05, 0) is 26.7 Å². The molecule has 1 fully saturated rings. The lowest BCUT2D eigenvalue weighted by Gasteiger charge is -2.09. The summed E-state index contributed by atoms with van der Waals surface area (Å²) in [5.41, 5.74) is 0.399. The van der Waals surface area contributed by atoms with Crippen molar-refractivity contribution >= 4 is 19.7 Å². The van der Waals surface area contributed by atoms with Gasteiger partial charge in [-0.3, -0.25) is 4.68 Å². The summed E-state index contributed by atoms with van der Waals surface area (Å²) in [6.45, 7) is 3.95. The zero-order valence-corrected chi connectivity index (χ0v) is 12.7. The van der Waals surface area contributed by atoms with Crippen molar-refractivity contribution in [3.05, 3.63) is 11.9 Å². The predicted molar refractivity (Wildman–Crippen MR) is 72.7 cm³/mol. The lowest BCUT2D eigenvalue weighted by atomic mass is 10.3. The summed E-state index contributed by atoms with van der Waals surface area (Å²) in [5.74, 6) is 0. The van der Waals surface area contributed by atoms with Crippen LogP contribution in [0.5, 0.6) is 0 Å². The summed E-state index contributed by atoms with van der Waals surface area (Å²) in [6, 6.07) is 0.282. The maximum Gasteiger partial charge on any atom is 0.264 e. The molecular formula is C12H19ClN2O3S. The van der Waals surface area contributed by atoms with Crippen molar-refractivity contribution in [1.29, 1.82) is 0 Å². The Labute approximate surface area is 118 Å². The number of nitrogens with zero attached hydrogens (tertiary/aromatic N) is 2. The van der Waals surface area contributed by atoms with Gasteiger partial charge >= 0.3 is 0 Å². The molecule has 1 aromatic rings. The van der Waals surface area contributed by atoms with Crippen LogP contribution in [0.4, 0.5) is 0 Å². The smallest absolute Gasteiger partial charge is 0.264 e. The number of ether oxygens (including phenoxy) is 1. The molecule has 5 nitrogen and oxygen atoms in total. The normalized spacial score (nSPS) is 17.5. The number of rotatable bonds is 5. The van der Waals surface area contributed by atoms with Crippen LogP contribution in [0.15, 0.2) is 11.1 Å². The molecule has 0 saturated heterocycles. The van der Waals surface area contributed by atoms with Gasteiger partial charge in [-0.15, -0.1) is 0 Å². The van der Waals surface area contributed by atoms with E-state index in [2.05, 4.69) is 5.10 Å². The first-order valence-electron chi connectivity index (χ1n) is 6.52. The molecule has 1 aliphatic rings. The fourth-order valence-electron chi connectivity index (χ4n) is 2.32. The molecule has 0 bridgehead atoms. The second kappa shape index (κ2) is 5.81.